The summed E-state index contributed by atoms with van der Waals surface area (Å²) in [7, 11) is 0. The van der Waals surface area contributed by atoms with Crippen LogP contribution in [0, 0.1) is 0 Å². The maximum atomic E-state index is 12.8. The van der Waals surface area contributed by atoms with Gasteiger partial charge in [-0.3, -0.25) is 14.5 Å². The Kier molecular flexibility index (Phi) is 3.49. The minimum atomic E-state index is -1.03. The quantitative estimate of drug-likeness (QED) is 0.933. The zero-order valence-electron chi connectivity index (χ0n) is 13.1. The Morgan fingerprint density at radius 1 is 1.17 bits per heavy atom. The SMILES string of the molecule is CCOc1ccc(N2C(=O)CSC23C(=O)Nc2ccccc23)cc1. The van der Waals surface area contributed by atoms with Gasteiger partial charge in [-0.15, -0.1) is 11.8 Å². The van der Waals surface area contributed by atoms with Crippen LogP contribution in [0.1, 0.15) is 12.5 Å². The average Bonchev–Trinajstić information content (AvgIpc) is 3.08. The molecule has 0 aromatic heterocycles. The van der Waals surface area contributed by atoms with Gasteiger partial charge in [-0.25, -0.2) is 0 Å². The highest BCUT2D eigenvalue weighted by Crippen LogP contribution is 2.53. The Morgan fingerprint density at radius 2 is 1.92 bits per heavy atom. The number of thioether (sulfide) groups is 1. The lowest BCUT2D eigenvalue weighted by molar-refractivity contribution is -0.122. The Hall–Kier alpha value is -2.47. The summed E-state index contributed by atoms with van der Waals surface area (Å²) in [6.07, 6.45) is 0. The standard InChI is InChI=1S/C18H16N2O3S/c1-2-23-13-9-7-12(8-10-13)20-16(21)11-24-18(20)14-5-3-4-6-15(14)19-17(18)22/h3-10H,2,11H2,1H3,(H,19,22). The molecule has 1 fully saturated rings. The van der Waals surface area contributed by atoms with Gasteiger partial charge in [0.1, 0.15) is 5.75 Å². The molecule has 1 N–H and O–H groups in total. The van der Waals surface area contributed by atoms with Crippen LogP contribution in [0.4, 0.5) is 11.4 Å². The van der Waals surface area contributed by atoms with Gasteiger partial charge in [0.2, 0.25) is 10.8 Å². The minimum Gasteiger partial charge on any atom is -0.494 e. The number of carbonyl (C=O) groups is 2. The molecule has 2 heterocycles. The molecule has 122 valence electrons. The predicted octanol–water partition coefficient (Wildman–Crippen LogP) is 2.97. The molecule has 2 aromatic rings. The van der Waals surface area contributed by atoms with Crippen LogP contribution in [-0.4, -0.2) is 24.2 Å². The summed E-state index contributed by atoms with van der Waals surface area (Å²) in [4.78, 5) is 26.0. The molecule has 1 saturated heterocycles. The molecule has 2 aliphatic heterocycles. The van der Waals surface area contributed by atoms with Gasteiger partial charge in [0, 0.05) is 16.9 Å². The van der Waals surface area contributed by atoms with Gasteiger partial charge in [0.05, 0.1) is 12.4 Å². The fraction of sp³-hybridized carbons (Fsp3) is 0.222. The van der Waals surface area contributed by atoms with Gasteiger partial charge >= 0.3 is 0 Å². The van der Waals surface area contributed by atoms with E-state index in [1.807, 2.05) is 55.5 Å². The number of ether oxygens (including phenoxy) is 1. The van der Waals surface area contributed by atoms with Crippen molar-refractivity contribution >= 4 is 35.0 Å². The monoisotopic (exact) mass is 340 g/mol. The van der Waals surface area contributed by atoms with Crippen molar-refractivity contribution in [3.8, 4) is 5.75 Å². The second-order valence-electron chi connectivity index (χ2n) is 5.59. The summed E-state index contributed by atoms with van der Waals surface area (Å²) in [5.41, 5.74) is 2.29. The number of amides is 2. The smallest absolute Gasteiger partial charge is 0.266 e. The minimum absolute atomic E-state index is 0.0731. The van der Waals surface area contributed by atoms with Crippen molar-refractivity contribution in [2.75, 3.05) is 22.6 Å². The van der Waals surface area contributed by atoms with Gasteiger partial charge in [-0.2, -0.15) is 0 Å². The molecular formula is C18H16N2O3S. The van der Waals surface area contributed by atoms with E-state index in [1.165, 1.54) is 11.8 Å². The lowest BCUT2D eigenvalue weighted by Crippen LogP contribution is -2.47. The highest BCUT2D eigenvalue weighted by atomic mass is 32.2. The molecule has 4 rings (SSSR count). The third-order valence-electron chi connectivity index (χ3n) is 4.22. The van der Waals surface area contributed by atoms with E-state index in [2.05, 4.69) is 5.32 Å². The first-order chi connectivity index (χ1) is 11.7. The van der Waals surface area contributed by atoms with Crippen molar-refractivity contribution < 1.29 is 14.3 Å². The van der Waals surface area contributed by atoms with E-state index in [-0.39, 0.29) is 17.6 Å². The van der Waals surface area contributed by atoms with Crippen LogP contribution in [0.25, 0.3) is 0 Å². The van der Waals surface area contributed by atoms with Crippen molar-refractivity contribution in [1.29, 1.82) is 0 Å². The summed E-state index contributed by atoms with van der Waals surface area (Å²) in [5, 5.41) is 2.90. The molecule has 1 atom stereocenters. The number of nitrogens with zero attached hydrogens (tertiary/aromatic N) is 1. The molecule has 0 radical (unpaired) electrons. The second kappa shape index (κ2) is 5.56. The van der Waals surface area contributed by atoms with Crippen molar-refractivity contribution in [2.45, 2.75) is 11.8 Å². The molecule has 1 unspecified atom stereocenters. The Morgan fingerprint density at radius 3 is 2.67 bits per heavy atom. The third-order valence-corrected chi connectivity index (χ3v) is 5.62. The zero-order chi connectivity index (χ0) is 16.7. The predicted molar refractivity (Wildman–Crippen MR) is 94.3 cm³/mol. The molecule has 5 nitrogen and oxygen atoms in total. The van der Waals surface area contributed by atoms with E-state index in [0.29, 0.717) is 12.3 Å². The van der Waals surface area contributed by atoms with Crippen molar-refractivity contribution in [3.05, 3.63) is 54.1 Å². The number of hydrogen-bond donors (Lipinski definition) is 1. The number of carbonyl (C=O) groups excluding carboxylic acids is 2. The summed E-state index contributed by atoms with van der Waals surface area (Å²) in [5.74, 6) is 0.768. The lowest BCUT2D eigenvalue weighted by Gasteiger charge is -2.32. The molecule has 2 aliphatic rings. The van der Waals surface area contributed by atoms with Crippen LogP contribution in [0.15, 0.2) is 48.5 Å². The summed E-state index contributed by atoms with van der Waals surface area (Å²) >= 11 is 1.36. The van der Waals surface area contributed by atoms with E-state index in [9.17, 15) is 9.59 Å². The van der Waals surface area contributed by atoms with Crippen LogP contribution >= 0.6 is 11.8 Å². The van der Waals surface area contributed by atoms with Crippen LogP contribution < -0.4 is 15.0 Å². The maximum absolute atomic E-state index is 12.8. The van der Waals surface area contributed by atoms with E-state index >= 15 is 0 Å². The summed E-state index contributed by atoms with van der Waals surface area (Å²) in [6, 6.07) is 14.8. The van der Waals surface area contributed by atoms with Crippen LogP contribution in [0.5, 0.6) is 5.75 Å². The van der Waals surface area contributed by atoms with Gasteiger partial charge in [0.25, 0.3) is 5.91 Å². The fourth-order valence-corrected chi connectivity index (χ4v) is 4.55. The van der Waals surface area contributed by atoms with E-state index < -0.39 is 4.87 Å². The Bertz CT molecular complexity index is 821. The molecule has 0 bridgehead atoms. The van der Waals surface area contributed by atoms with Crippen LogP contribution in [0.3, 0.4) is 0 Å². The first-order valence-corrected chi connectivity index (χ1v) is 8.76. The molecule has 2 amide bonds. The summed E-state index contributed by atoms with van der Waals surface area (Å²) < 4.78 is 5.46. The first kappa shape index (κ1) is 15.1. The fourth-order valence-electron chi connectivity index (χ4n) is 3.24. The van der Waals surface area contributed by atoms with Gasteiger partial charge in [0.15, 0.2) is 0 Å². The highest BCUT2D eigenvalue weighted by Gasteiger charge is 2.58. The van der Waals surface area contributed by atoms with Crippen molar-refractivity contribution in [3.63, 3.8) is 0 Å². The zero-order valence-corrected chi connectivity index (χ0v) is 13.9. The van der Waals surface area contributed by atoms with Gasteiger partial charge < -0.3 is 10.1 Å². The van der Waals surface area contributed by atoms with Gasteiger partial charge in [-0.05, 0) is 37.3 Å². The summed E-state index contributed by atoms with van der Waals surface area (Å²) in [6.45, 7) is 2.50. The van der Waals surface area contributed by atoms with Gasteiger partial charge in [-0.1, -0.05) is 18.2 Å². The Labute approximate surface area is 144 Å². The van der Waals surface area contributed by atoms with Crippen LogP contribution in [-0.2, 0) is 14.5 Å². The number of rotatable bonds is 3. The first-order valence-electron chi connectivity index (χ1n) is 7.77. The normalized spacial score (nSPS) is 22.0. The molecule has 0 aliphatic carbocycles. The number of hydrogen-bond acceptors (Lipinski definition) is 4. The number of anilines is 2. The lowest BCUT2D eigenvalue weighted by atomic mass is 10.0. The number of nitrogens with one attached hydrogen (secondary N) is 1. The Balaban J connectivity index is 1.81. The molecule has 24 heavy (non-hydrogen) atoms. The molecule has 1 spiro atoms. The van der Waals surface area contributed by atoms with E-state index in [1.54, 1.807) is 4.90 Å². The molecular weight excluding hydrogens is 324 g/mol. The largest absolute Gasteiger partial charge is 0.494 e. The highest BCUT2D eigenvalue weighted by molar-refractivity contribution is 8.02. The topological polar surface area (TPSA) is 58.6 Å². The van der Waals surface area contributed by atoms with Crippen molar-refractivity contribution in [1.82, 2.24) is 0 Å². The average molecular weight is 340 g/mol. The molecule has 0 saturated carbocycles. The number of benzene rings is 2. The maximum Gasteiger partial charge on any atom is 0.266 e. The second-order valence-corrected chi connectivity index (χ2v) is 6.76. The van der Waals surface area contributed by atoms with E-state index in [0.717, 1.165) is 17.0 Å². The van der Waals surface area contributed by atoms with E-state index in [4.69, 9.17) is 4.74 Å². The molecule has 2 aromatic carbocycles. The number of fused-ring (bicyclic) bond motifs is 2. The van der Waals surface area contributed by atoms with Crippen LogP contribution in [0.2, 0.25) is 0 Å². The number of para-hydroxylation sites is 1. The van der Waals surface area contributed by atoms with Crippen molar-refractivity contribution in [2.24, 2.45) is 0 Å². The molecule has 6 heteroatoms. The third kappa shape index (κ3) is 2.03.